The summed E-state index contributed by atoms with van der Waals surface area (Å²) in [5.41, 5.74) is 7.75. The number of aromatic nitrogens is 2. The molecule has 2 aromatic heterocycles. The molecule has 0 fully saturated rings. The van der Waals surface area contributed by atoms with E-state index in [0.29, 0.717) is 30.4 Å². The Morgan fingerprint density at radius 2 is 1.68 bits per heavy atom. The van der Waals surface area contributed by atoms with Gasteiger partial charge in [-0.3, -0.25) is 0 Å². The van der Waals surface area contributed by atoms with E-state index in [0.717, 1.165) is 33.7 Å². The zero-order chi connectivity index (χ0) is 26.4. The van der Waals surface area contributed by atoms with E-state index in [2.05, 4.69) is 20.6 Å². The van der Waals surface area contributed by atoms with Crippen LogP contribution in [0.15, 0.2) is 95.7 Å². The number of furan rings is 1. The van der Waals surface area contributed by atoms with Gasteiger partial charge in [-0.1, -0.05) is 24.3 Å². The Morgan fingerprint density at radius 1 is 0.895 bits per heavy atom. The number of hydrogen-bond donors (Lipinski definition) is 3. The molecule has 0 aliphatic carbocycles. The minimum atomic E-state index is -3.21. The SMILES string of the molecule is NCS(=O)(=O)CCNCc1ccc(-c2ccc3c(Nc4ccc(Oc5ccccc5)cc4)ncnc3c2)o1. The van der Waals surface area contributed by atoms with E-state index in [-0.39, 0.29) is 11.6 Å². The molecule has 9 nitrogen and oxygen atoms in total. The van der Waals surface area contributed by atoms with Gasteiger partial charge in [0.15, 0.2) is 9.84 Å². The highest BCUT2D eigenvalue weighted by molar-refractivity contribution is 7.91. The van der Waals surface area contributed by atoms with Crippen LogP contribution in [-0.2, 0) is 16.4 Å². The van der Waals surface area contributed by atoms with Crippen LogP contribution in [-0.4, -0.2) is 36.6 Å². The summed E-state index contributed by atoms with van der Waals surface area (Å²) >= 11 is 0. The molecule has 10 heteroatoms. The molecule has 194 valence electrons. The summed E-state index contributed by atoms with van der Waals surface area (Å²) in [7, 11) is -3.21. The number of anilines is 2. The van der Waals surface area contributed by atoms with E-state index in [1.165, 1.54) is 6.33 Å². The zero-order valence-electron chi connectivity index (χ0n) is 20.5. The Hall–Kier alpha value is -4.25. The molecule has 5 aromatic rings. The molecule has 5 rings (SSSR count). The maximum Gasteiger partial charge on any atom is 0.164 e. The van der Waals surface area contributed by atoms with Gasteiger partial charge in [0, 0.05) is 23.2 Å². The number of nitrogens with one attached hydrogen (secondary N) is 2. The average Bonchev–Trinajstić information content (AvgIpc) is 3.42. The lowest BCUT2D eigenvalue weighted by Crippen LogP contribution is -2.26. The molecular formula is C28H27N5O4S. The van der Waals surface area contributed by atoms with E-state index >= 15 is 0 Å². The second kappa shape index (κ2) is 11.4. The molecule has 0 atom stereocenters. The standard InChI is InChI=1S/C28H27N5O4S/c29-18-38(34,35)15-14-30-17-24-11-13-27(37-24)20-6-12-25-26(16-20)31-19-32-28(25)33-21-7-9-23(10-8-21)36-22-4-2-1-3-5-22/h1-13,16,19,30H,14-15,17-18,29H2,(H,31,32,33). The van der Waals surface area contributed by atoms with E-state index in [1.54, 1.807) is 0 Å². The van der Waals surface area contributed by atoms with Gasteiger partial charge in [-0.05, 0) is 60.7 Å². The number of fused-ring (bicyclic) bond motifs is 1. The van der Waals surface area contributed by atoms with Gasteiger partial charge in [0.2, 0.25) is 0 Å². The van der Waals surface area contributed by atoms with Crippen molar-refractivity contribution in [2.75, 3.05) is 23.5 Å². The first-order valence-corrected chi connectivity index (χ1v) is 13.9. The molecule has 0 spiro atoms. The first kappa shape index (κ1) is 25.4. The van der Waals surface area contributed by atoms with Crippen LogP contribution < -0.4 is 21.1 Å². The summed E-state index contributed by atoms with van der Waals surface area (Å²) in [6.07, 6.45) is 1.52. The van der Waals surface area contributed by atoms with Gasteiger partial charge >= 0.3 is 0 Å². The predicted molar refractivity (Wildman–Crippen MR) is 148 cm³/mol. The smallest absolute Gasteiger partial charge is 0.164 e. The fourth-order valence-electron chi connectivity index (χ4n) is 3.83. The molecule has 0 bridgehead atoms. The van der Waals surface area contributed by atoms with Crippen molar-refractivity contribution in [2.24, 2.45) is 5.73 Å². The summed E-state index contributed by atoms with van der Waals surface area (Å²) in [6.45, 7) is 0.722. The van der Waals surface area contributed by atoms with Crippen molar-refractivity contribution in [1.29, 1.82) is 0 Å². The predicted octanol–water partition coefficient (Wildman–Crippen LogP) is 4.85. The van der Waals surface area contributed by atoms with Crippen molar-refractivity contribution in [3.63, 3.8) is 0 Å². The van der Waals surface area contributed by atoms with Gasteiger partial charge in [0.25, 0.3) is 0 Å². The van der Waals surface area contributed by atoms with Gasteiger partial charge in [0.05, 0.1) is 23.7 Å². The van der Waals surface area contributed by atoms with Crippen LogP contribution in [0.5, 0.6) is 11.5 Å². The van der Waals surface area contributed by atoms with E-state index in [4.69, 9.17) is 14.9 Å². The molecule has 0 amide bonds. The van der Waals surface area contributed by atoms with Crippen LogP contribution in [0.3, 0.4) is 0 Å². The third-order valence-corrected chi connectivity index (χ3v) is 7.16. The summed E-state index contributed by atoms with van der Waals surface area (Å²) in [5, 5.41) is 7.29. The Morgan fingerprint density at radius 3 is 2.47 bits per heavy atom. The first-order chi connectivity index (χ1) is 18.5. The molecule has 38 heavy (non-hydrogen) atoms. The highest BCUT2D eigenvalue weighted by Crippen LogP contribution is 2.30. The third kappa shape index (κ3) is 6.35. The number of nitrogens with two attached hydrogens (primary N) is 1. The maximum absolute atomic E-state index is 11.5. The van der Waals surface area contributed by atoms with Crippen molar-refractivity contribution < 1.29 is 17.6 Å². The monoisotopic (exact) mass is 529 g/mol. The molecule has 0 saturated heterocycles. The number of sulfone groups is 1. The van der Waals surface area contributed by atoms with E-state index < -0.39 is 9.84 Å². The summed E-state index contributed by atoms with van der Waals surface area (Å²) in [5.74, 6) is 3.25. The van der Waals surface area contributed by atoms with Crippen molar-refractivity contribution in [3.8, 4) is 22.8 Å². The fourth-order valence-corrected chi connectivity index (χ4v) is 4.45. The van der Waals surface area contributed by atoms with Gasteiger partial charge in [-0.2, -0.15) is 0 Å². The quantitative estimate of drug-likeness (QED) is 0.205. The normalized spacial score (nSPS) is 11.5. The van der Waals surface area contributed by atoms with Crippen LogP contribution in [0.4, 0.5) is 11.5 Å². The number of ether oxygens (including phenoxy) is 1. The van der Waals surface area contributed by atoms with Gasteiger partial charge in [-0.15, -0.1) is 0 Å². The van der Waals surface area contributed by atoms with Gasteiger partial charge in [0.1, 0.15) is 35.2 Å². The van der Waals surface area contributed by atoms with Crippen LogP contribution in [0, 0.1) is 0 Å². The minimum absolute atomic E-state index is 0.0105. The van der Waals surface area contributed by atoms with E-state index in [9.17, 15) is 8.42 Å². The second-order valence-corrected chi connectivity index (χ2v) is 10.8. The molecule has 0 unspecified atom stereocenters. The Labute approximate surface area is 220 Å². The molecular weight excluding hydrogens is 502 g/mol. The van der Waals surface area contributed by atoms with Crippen LogP contribution in [0.1, 0.15) is 5.76 Å². The molecule has 2 heterocycles. The molecule has 0 saturated carbocycles. The number of hydrogen-bond acceptors (Lipinski definition) is 9. The highest BCUT2D eigenvalue weighted by atomic mass is 32.2. The first-order valence-electron chi connectivity index (χ1n) is 12.0. The number of para-hydroxylation sites is 1. The largest absolute Gasteiger partial charge is 0.460 e. The van der Waals surface area contributed by atoms with Gasteiger partial charge in [-0.25, -0.2) is 18.4 Å². The summed E-state index contributed by atoms with van der Waals surface area (Å²) < 4.78 is 34.8. The summed E-state index contributed by atoms with van der Waals surface area (Å²) in [4.78, 5) is 8.87. The lowest BCUT2D eigenvalue weighted by Gasteiger charge is -2.10. The molecule has 0 aliphatic rings. The topological polar surface area (TPSA) is 132 Å². The Balaban J connectivity index is 1.25. The Bertz CT molecular complexity index is 1620. The van der Waals surface area contributed by atoms with Crippen molar-refractivity contribution in [2.45, 2.75) is 6.54 Å². The van der Waals surface area contributed by atoms with Crippen molar-refractivity contribution in [3.05, 3.63) is 97.0 Å². The number of benzene rings is 3. The van der Waals surface area contributed by atoms with Crippen LogP contribution in [0.2, 0.25) is 0 Å². The summed E-state index contributed by atoms with van der Waals surface area (Å²) in [6, 6.07) is 26.9. The van der Waals surface area contributed by atoms with Crippen molar-refractivity contribution in [1.82, 2.24) is 15.3 Å². The number of rotatable bonds is 11. The molecule has 3 aromatic carbocycles. The lowest BCUT2D eigenvalue weighted by atomic mass is 10.1. The third-order valence-electron chi connectivity index (χ3n) is 5.82. The maximum atomic E-state index is 11.5. The molecule has 0 radical (unpaired) electrons. The lowest BCUT2D eigenvalue weighted by molar-refractivity contribution is 0.483. The van der Waals surface area contributed by atoms with E-state index in [1.807, 2.05) is 84.9 Å². The second-order valence-electron chi connectivity index (χ2n) is 8.58. The van der Waals surface area contributed by atoms with Crippen molar-refractivity contribution >= 4 is 32.2 Å². The van der Waals surface area contributed by atoms with Crippen LogP contribution in [0.25, 0.3) is 22.2 Å². The molecule has 4 N–H and O–H groups in total. The molecule has 0 aliphatic heterocycles. The average molecular weight is 530 g/mol. The Kier molecular flexibility index (Phi) is 7.64. The fraction of sp³-hybridized carbons (Fsp3) is 0.143. The van der Waals surface area contributed by atoms with Crippen LogP contribution >= 0.6 is 0 Å². The van der Waals surface area contributed by atoms with Gasteiger partial charge < -0.3 is 25.5 Å². The zero-order valence-corrected chi connectivity index (χ0v) is 21.3. The minimum Gasteiger partial charge on any atom is -0.460 e. The highest BCUT2D eigenvalue weighted by Gasteiger charge is 2.11. The number of nitrogens with zero attached hydrogens (tertiary/aromatic N) is 2.